The lowest BCUT2D eigenvalue weighted by atomic mass is 10.1. The van der Waals surface area contributed by atoms with Crippen molar-refractivity contribution < 1.29 is 19.8 Å². The third-order valence-corrected chi connectivity index (χ3v) is 2.61. The Morgan fingerprint density at radius 3 is 2.79 bits per heavy atom. The highest BCUT2D eigenvalue weighted by Crippen LogP contribution is 2.20. The quantitative estimate of drug-likeness (QED) is 0.590. The second kappa shape index (κ2) is 4.41. The zero-order chi connectivity index (χ0) is 10.7. The fraction of sp³-hybridized carbons (Fsp3) is 0.778. The lowest BCUT2D eigenvalue weighted by molar-refractivity contribution is -0.311. The largest absolute Gasteiger partial charge is 0.550 e. The van der Waals surface area contributed by atoms with Gasteiger partial charge in [0.1, 0.15) is 0 Å². The van der Waals surface area contributed by atoms with Crippen molar-refractivity contribution in [2.24, 2.45) is 5.92 Å². The van der Waals surface area contributed by atoms with Gasteiger partial charge in [0.25, 0.3) is 0 Å². The summed E-state index contributed by atoms with van der Waals surface area (Å²) in [4.78, 5) is 23.3. The Labute approximate surface area is 82.3 Å². The first-order chi connectivity index (χ1) is 6.60. The summed E-state index contributed by atoms with van der Waals surface area (Å²) in [7, 11) is 0. The third kappa shape index (κ3) is 2.04. The molecule has 1 heterocycles. The molecule has 0 aromatic carbocycles. The number of nitrogens with zero attached hydrogens (tertiary/aromatic N) is 1. The summed E-state index contributed by atoms with van der Waals surface area (Å²) in [6.07, 6.45) is 0.626. The molecule has 1 N–H and O–H groups in total. The van der Waals surface area contributed by atoms with E-state index in [-0.39, 0.29) is 31.5 Å². The second-order valence-corrected chi connectivity index (χ2v) is 3.51. The number of hydrogen-bond acceptors (Lipinski definition) is 4. The van der Waals surface area contributed by atoms with Crippen LogP contribution in [0.3, 0.4) is 0 Å². The average Bonchev–Trinajstić information content (AvgIpc) is 2.51. The molecule has 0 saturated carbocycles. The third-order valence-electron chi connectivity index (χ3n) is 2.61. The van der Waals surface area contributed by atoms with Crippen LogP contribution in [0, 0.1) is 5.92 Å². The fourth-order valence-corrected chi connectivity index (χ4v) is 1.69. The average molecular weight is 200 g/mol. The van der Waals surface area contributed by atoms with Crippen LogP contribution in [0.5, 0.6) is 0 Å². The fourth-order valence-electron chi connectivity index (χ4n) is 1.69. The maximum absolute atomic E-state index is 11.4. The minimum absolute atomic E-state index is 0.00116. The van der Waals surface area contributed by atoms with Crippen LogP contribution in [-0.4, -0.2) is 41.1 Å². The van der Waals surface area contributed by atoms with Crippen molar-refractivity contribution in [1.82, 2.24) is 4.90 Å². The van der Waals surface area contributed by atoms with E-state index in [0.717, 1.165) is 0 Å². The van der Waals surface area contributed by atoms with Gasteiger partial charge in [-0.3, -0.25) is 4.79 Å². The van der Waals surface area contributed by atoms with E-state index in [0.29, 0.717) is 6.42 Å². The van der Waals surface area contributed by atoms with E-state index < -0.39 is 11.9 Å². The van der Waals surface area contributed by atoms with E-state index in [1.165, 1.54) is 4.90 Å². The van der Waals surface area contributed by atoms with Gasteiger partial charge in [0.05, 0.1) is 12.6 Å². The first-order valence-corrected chi connectivity index (χ1v) is 4.71. The Morgan fingerprint density at radius 2 is 2.43 bits per heavy atom. The van der Waals surface area contributed by atoms with E-state index in [4.69, 9.17) is 5.11 Å². The van der Waals surface area contributed by atoms with Gasteiger partial charge in [0.2, 0.25) is 5.91 Å². The molecule has 0 spiro atoms. The van der Waals surface area contributed by atoms with Crippen LogP contribution < -0.4 is 5.11 Å². The zero-order valence-electron chi connectivity index (χ0n) is 8.10. The minimum Gasteiger partial charge on any atom is -0.550 e. The molecule has 1 aliphatic rings. The molecular weight excluding hydrogens is 186 g/mol. The summed E-state index contributed by atoms with van der Waals surface area (Å²) < 4.78 is 0. The number of rotatable bonds is 4. The lowest BCUT2D eigenvalue weighted by Crippen LogP contribution is -2.40. The van der Waals surface area contributed by atoms with Crippen LogP contribution in [0.25, 0.3) is 0 Å². The number of aliphatic hydroxyl groups excluding tert-OH is 1. The molecule has 1 aliphatic heterocycles. The Bertz CT molecular complexity index is 237. The van der Waals surface area contributed by atoms with Crippen molar-refractivity contribution in [1.29, 1.82) is 0 Å². The molecule has 80 valence electrons. The van der Waals surface area contributed by atoms with E-state index in [1.54, 1.807) is 0 Å². The number of carbonyl (C=O) groups excluding carboxylic acids is 2. The first kappa shape index (κ1) is 11.0. The summed E-state index contributed by atoms with van der Waals surface area (Å²) in [6.45, 7) is 1.89. The van der Waals surface area contributed by atoms with E-state index in [1.807, 2.05) is 6.92 Å². The number of likely N-dealkylation sites (tertiary alicyclic amines) is 1. The smallest absolute Gasteiger partial charge is 0.223 e. The van der Waals surface area contributed by atoms with Crippen molar-refractivity contribution in [3.8, 4) is 0 Å². The maximum Gasteiger partial charge on any atom is 0.223 e. The predicted molar refractivity (Wildman–Crippen MR) is 46.0 cm³/mol. The monoisotopic (exact) mass is 200 g/mol. The van der Waals surface area contributed by atoms with Crippen LogP contribution >= 0.6 is 0 Å². The van der Waals surface area contributed by atoms with Crippen LogP contribution in [0.1, 0.15) is 19.8 Å². The molecule has 5 heteroatoms. The van der Waals surface area contributed by atoms with Crippen LogP contribution in [0.2, 0.25) is 0 Å². The highest BCUT2D eigenvalue weighted by atomic mass is 16.4. The Hall–Kier alpha value is -1.10. The number of carboxylic acids is 1. The topological polar surface area (TPSA) is 80.7 Å². The number of aliphatic hydroxyl groups is 1. The molecule has 0 radical (unpaired) electrons. The molecule has 1 saturated heterocycles. The van der Waals surface area contributed by atoms with Crippen LogP contribution in [-0.2, 0) is 9.59 Å². The molecule has 1 fully saturated rings. The van der Waals surface area contributed by atoms with Crippen molar-refractivity contribution >= 4 is 11.9 Å². The van der Waals surface area contributed by atoms with Crippen molar-refractivity contribution in [3.05, 3.63) is 0 Å². The molecule has 1 amide bonds. The summed E-state index contributed by atoms with van der Waals surface area (Å²) >= 11 is 0. The molecule has 14 heavy (non-hydrogen) atoms. The SMILES string of the molecule is CC[C@H](CO)N1C[C@@H](C(=O)[O-])CC1=O. The van der Waals surface area contributed by atoms with E-state index in [9.17, 15) is 14.7 Å². The molecule has 0 aromatic heterocycles. The summed E-state index contributed by atoms with van der Waals surface area (Å²) in [5.74, 6) is -2.11. The number of carbonyl (C=O) groups is 2. The Kier molecular flexibility index (Phi) is 3.46. The molecule has 1 rings (SSSR count). The van der Waals surface area contributed by atoms with Crippen molar-refractivity contribution in [3.63, 3.8) is 0 Å². The molecule has 0 unspecified atom stereocenters. The van der Waals surface area contributed by atoms with Gasteiger partial charge >= 0.3 is 0 Å². The van der Waals surface area contributed by atoms with Crippen molar-refractivity contribution in [2.75, 3.05) is 13.2 Å². The van der Waals surface area contributed by atoms with Gasteiger partial charge in [-0.1, -0.05) is 6.92 Å². The zero-order valence-corrected chi connectivity index (χ0v) is 8.10. The number of carboxylic acid groups (broad SMARTS) is 1. The van der Waals surface area contributed by atoms with Gasteiger partial charge < -0.3 is 19.9 Å². The molecular formula is C9H14NO4-. The van der Waals surface area contributed by atoms with Gasteiger partial charge in [0.15, 0.2) is 0 Å². The number of hydrogen-bond donors (Lipinski definition) is 1. The molecule has 2 atom stereocenters. The lowest BCUT2D eigenvalue weighted by Gasteiger charge is -2.25. The van der Waals surface area contributed by atoms with Gasteiger partial charge in [-0.25, -0.2) is 0 Å². The molecule has 0 bridgehead atoms. The van der Waals surface area contributed by atoms with Gasteiger partial charge in [0, 0.05) is 24.9 Å². The van der Waals surface area contributed by atoms with E-state index >= 15 is 0 Å². The van der Waals surface area contributed by atoms with Crippen LogP contribution in [0.4, 0.5) is 0 Å². The molecule has 0 aliphatic carbocycles. The minimum atomic E-state index is -1.19. The normalized spacial score (nSPS) is 24.0. The number of amides is 1. The summed E-state index contributed by atoms with van der Waals surface area (Å²) in [5.41, 5.74) is 0. The number of aliphatic carboxylic acids is 1. The molecule has 0 aromatic rings. The van der Waals surface area contributed by atoms with E-state index in [2.05, 4.69) is 0 Å². The van der Waals surface area contributed by atoms with Gasteiger partial charge in [-0.2, -0.15) is 0 Å². The van der Waals surface area contributed by atoms with Crippen LogP contribution in [0.15, 0.2) is 0 Å². The predicted octanol–water partition coefficient (Wildman–Crippen LogP) is -1.64. The van der Waals surface area contributed by atoms with Gasteiger partial charge in [-0.05, 0) is 6.42 Å². The maximum atomic E-state index is 11.4. The Balaban J connectivity index is 2.64. The second-order valence-electron chi connectivity index (χ2n) is 3.51. The highest BCUT2D eigenvalue weighted by molar-refractivity contribution is 5.85. The summed E-state index contributed by atoms with van der Waals surface area (Å²) in [6, 6.07) is -0.258. The Morgan fingerprint density at radius 1 is 1.79 bits per heavy atom. The van der Waals surface area contributed by atoms with Gasteiger partial charge in [-0.15, -0.1) is 0 Å². The highest BCUT2D eigenvalue weighted by Gasteiger charge is 2.33. The van der Waals surface area contributed by atoms with Crippen molar-refractivity contribution in [2.45, 2.75) is 25.8 Å². The first-order valence-electron chi connectivity index (χ1n) is 4.71. The molecule has 5 nitrogen and oxygen atoms in total. The standard InChI is InChI=1S/C9H15NO4/c1-2-7(5-11)10-4-6(9(13)14)3-8(10)12/h6-7,11H,2-5H2,1H3,(H,13,14)/p-1/t6-,7+/m0/s1. The summed E-state index contributed by atoms with van der Waals surface area (Å²) in [5, 5.41) is 19.5.